The molecular formula is C65H74F3N5O13. The van der Waals surface area contributed by atoms with E-state index in [1.807, 2.05) is 51.1 Å². The van der Waals surface area contributed by atoms with Crippen LogP contribution in [0.25, 0.3) is 10.8 Å². The first kappa shape index (κ1) is 65.1. The molecule has 6 aromatic carbocycles. The summed E-state index contributed by atoms with van der Waals surface area (Å²) >= 11 is 0. The molecule has 458 valence electrons. The summed E-state index contributed by atoms with van der Waals surface area (Å²) in [5, 5.41) is 21.6. The quantitative estimate of drug-likeness (QED) is 0.0234. The van der Waals surface area contributed by atoms with Crippen LogP contribution in [-0.2, 0) is 29.9 Å². The second-order valence-corrected chi connectivity index (χ2v) is 23.0. The van der Waals surface area contributed by atoms with Crippen molar-refractivity contribution in [3.8, 4) is 11.5 Å². The zero-order chi connectivity index (χ0) is 63.1. The summed E-state index contributed by atoms with van der Waals surface area (Å²) in [4.78, 5) is 76.1. The van der Waals surface area contributed by atoms with Gasteiger partial charge in [0.05, 0.1) is 47.9 Å². The van der Waals surface area contributed by atoms with Gasteiger partial charge in [0.15, 0.2) is 5.75 Å². The van der Waals surface area contributed by atoms with Crippen LogP contribution in [0, 0.1) is 0 Å². The van der Waals surface area contributed by atoms with Gasteiger partial charge in [-0.05, 0) is 159 Å². The summed E-state index contributed by atoms with van der Waals surface area (Å²) in [6.45, 7) is 21.0. The molecule has 1 aliphatic rings. The van der Waals surface area contributed by atoms with Gasteiger partial charge >= 0.3 is 24.5 Å². The van der Waals surface area contributed by atoms with Gasteiger partial charge in [0.1, 0.15) is 40.0 Å². The minimum atomic E-state index is -4.84. The van der Waals surface area contributed by atoms with Gasteiger partial charge in [0.25, 0.3) is 11.8 Å². The van der Waals surface area contributed by atoms with Crippen molar-refractivity contribution in [1.29, 1.82) is 0 Å². The molecule has 7 rings (SSSR count). The van der Waals surface area contributed by atoms with E-state index >= 15 is 4.79 Å². The molecule has 3 unspecified atom stereocenters. The molecule has 1 fully saturated rings. The molecule has 3 atom stereocenters. The van der Waals surface area contributed by atoms with E-state index in [2.05, 4.69) is 10.2 Å². The van der Waals surface area contributed by atoms with E-state index in [0.717, 1.165) is 28.7 Å². The van der Waals surface area contributed by atoms with Crippen molar-refractivity contribution < 1.29 is 75.4 Å². The number of fused-ring (bicyclic) bond motifs is 1. The average Bonchev–Trinajstić information content (AvgIpc) is 0.870. The van der Waals surface area contributed by atoms with Crippen molar-refractivity contribution in [3.63, 3.8) is 0 Å². The summed E-state index contributed by atoms with van der Waals surface area (Å²) in [5.74, 6) is -2.68. The van der Waals surface area contributed by atoms with Gasteiger partial charge in [-0.3, -0.25) is 9.59 Å². The number of alkyl halides is 3. The summed E-state index contributed by atoms with van der Waals surface area (Å²) in [7, 11) is 1.30. The van der Waals surface area contributed by atoms with Crippen molar-refractivity contribution in [1.82, 2.24) is 0 Å². The minimum Gasteiger partial charge on any atom is -0.494 e. The first-order chi connectivity index (χ1) is 40.5. The molecule has 0 saturated carbocycles. The number of carbonyl (C=O) groups excluding carboxylic acids is 5. The summed E-state index contributed by atoms with van der Waals surface area (Å²) in [6, 6.07) is 30.7. The Hall–Kier alpha value is -8.40. The maximum Gasteiger partial charge on any atom is 0.514 e. The number of nitrogens with zero attached hydrogens (tertiary/aromatic N) is 5. The van der Waals surface area contributed by atoms with Crippen molar-refractivity contribution >= 4 is 69.4 Å². The third-order valence-electron chi connectivity index (χ3n) is 15.1. The van der Waals surface area contributed by atoms with E-state index in [1.54, 1.807) is 104 Å². The number of rotatable bonds is 21. The van der Waals surface area contributed by atoms with Gasteiger partial charge in [0, 0.05) is 16.6 Å². The summed E-state index contributed by atoms with van der Waals surface area (Å²) in [5.41, 5.74) is -5.46. The number of carbonyl (C=O) groups is 5. The molecule has 1 aliphatic heterocycles. The second kappa shape index (κ2) is 26.5. The highest BCUT2D eigenvalue weighted by atomic mass is 19.4. The molecule has 86 heavy (non-hydrogen) atoms. The minimum absolute atomic E-state index is 0.00567. The molecule has 4 amide bonds. The predicted molar refractivity (Wildman–Crippen MR) is 319 cm³/mol. The Morgan fingerprint density at radius 1 is 0.628 bits per heavy atom. The van der Waals surface area contributed by atoms with Gasteiger partial charge in [-0.15, -0.1) is 10.2 Å². The van der Waals surface area contributed by atoms with Crippen LogP contribution in [0.2, 0.25) is 0 Å². The third-order valence-corrected chi connectivity index (χ3v) is 15.1. The average molecular weight is 1190 g/mol. The number of hydrogen-bond acceptors (Lipinski definition) is 16. The fraction of sp³-hybridized carbons (Fsp3) is 0.400. The Labute approximate surface area is 498 Å². The standard InChI is InChI=1S/C65H74F3N5O13/c1-14-61(5,6)83-57(76)71(50-39-81-53(50)40-24-19-18-20-25-40)44-31-33-45(34-32-44)72(58(77)84-62(7,8)15-2)56(75)48-36-41-26-21-22-29-47(41)52(54(48)82-60(79)86-64(11,12)17-4)70-69-49-37-42(30-35-51(49)80-13)55(74)73(59(78)85-63(9,10)16-3)46-28-23-27-43(38-46)65(66,67)68/h18-38,50,53,57,76H,14-17,39H2,1-13H3. The molecule has 6 aromatic rings. The van der Waals surface area contributed by atoms with Crippen LogP contribution in [0.5, 0.6) is 11.5 Å². The number of amides is 4. The van der Waals surface area contributed by atoms with Crippen molar-refractivity contribution in [3.05, 3.63) is 150 Å². The molecule has 0 spiro atoms. The Morgan fingerprint density at radius 3 is 1.77 bits per heavy atom. The van der Waals surface area contributed by atoms with Gasteiger partial charge in [-0.25, -0.2) is 24.2 Å². The number of benzene rings is 6. The molecule has 0 bridgehead atoms. The lowest BCUT2D eigenvalue weighted by Crippen LogP contribution is -2.57. The van der Waals surface area contributed by atoms with E-state index in [0.29, 0.717) is 41.3 Å². The van der Waals surface area contributed by atoms with Gasteiger partial charge in [-0.1, -0.05) is 88.4 Å². The predicted octanol–water partition coefficient (Wildman–Crippen LogP) is 16.4. The number of ether oxygens (including phenoxy) is 7. The third kappa shape index (κ3) is 15.3. The zero-order valence-electron chi connectivity index (χ0n) is 50.6. The monoisotopic (exact) mass is 1190 g/mol. The number of hydrogen-bond donors (Lipinski definition) is 1. The summed E-state index contributed by atoms with van der Waals surface area (Å²) < 4.78 is 83.6. The van der Waals surface area contributed by atoms with Gasteiger partial charge in [-0.2, -0.15) is 13.2 Å². The molecule has 21 heteroatoms. The van der Waals surface area contributed by atoms with Gasteiger partial charge < -0.3 is 43.2 Å². The molecule has 0 radical (unpaired) electrons. The second-order valence-electron chi connectivity index (χ2n) is 23.0. The number of azo groups is 1. The van der Waals surface area contributed by atoms with Crippen LogP contribution in [0.3, 0.4) is 0 Å². The van der Waals surface area contributed by atoms with E-state index in [-0.39, 0.29) is 46.8 Å². The highest BCUT2D eigenvalue weighted by molar-refractivity contribution is 6.23. The van der Waals surface area contributed by atoms with Crippen LogP contribution in [-0.4, -0.2) is 83.8 Å². The van der Waals surface area contributed by atoms with Crippen LogP contribution in [0.1, 0.15) is 147 Å². The lowest BCUT2D eigenvalue weighted by atomic mass is 9.96. The summed E-state index contributed by atoms with van der Waals surface area (Å²) in [6.07, 6.45) is -8.87. The number of methoxy groups -OCH3 is 1. The molecule has 1 heterocycles. The highest BCUT2D eigenvalue weighted by Crippen LogP contribution is 2.45. The van der Waals surface area contributed by atoms with Crippen LogP contribution in [0.15, 0.2) is 138 Å². The van der Waals surface area contributed by atoms with E-state index < -0.39 is 99.9 Å². The van der Waals surface area contributed by atoms with E-state index in [4.69, 9.17) is 33.2 Å². The number of anilines is 3. The lowest BCUT2D eigenvalue weighted by molar-refractivity contribution is -0.193. The van der Waals surface area contributed by atoms with Crippen LogP contribution in [0.4, 0.5) is 56.0 Å². The van der Waals surface area contributed by atoms with Crippen molar-refractivity contribution in [2.24, 2.45) is 10.2 Å². The smallest absolute Gasteiger partial charge is 0.494 e. The fourth-order valence-electron chi connectivity index (χ4n) is 8.62. The van der Waals surface area contributed by atoms with E-state index in [9.17, 15) is 37.5 Å². The molecule has 1 N–H and O–H groups in total. The zero-order valence-corrected chi connectivity index (χ0v) is 50.6. The SMILES string of the molecule is CCC(C)(C)OC(=O)Oc1c(C(=O)N(C(=O)OC(C)(C)CC)c2ccc(N(C(O)OC(C)(C)CC)C3COC3c3ccccc3)cc2)cc2ccccc2c1N=Nc1cc(C(=O)N(C(=O)OC(C)(C)CC)c2cccc(C(F)(F)F)c2)ccc1OC. The normalized spacial score (nSPS) is 15.1. The molecular weight excluding hydrogens is 1120 g/mol. The Balaban J connectivity index is 1.39. The number of imide groups is 2. The van der Waals surface area contributed by atoms with Crippen molar-refractivity contribution in [2.75, 3.05) is 28.4 Å². The number of aliphatic hydroxyl groups excluding tert-OH is 1. The first-order valence-corrected chi connectivity index (χ1v) is 28.3. The maximum absolute atomic E-state index is 15.8. The maximum atomic E-state index is 15.8. The Kier molecular flexibility index (Phi) is 20.1. The van der Waals surface area contributed by atoms with Gasteiger partial charge in [0.2, 0.25) is 6.41 Å². The lowest BCUT2D eigenvalue weighted by Gasteiger charge is -2.48. The Morgan fingerprint density at radius 2 is 1.20 bits per heavy atom. The highest BCUT2D eigenvalue weighted by Gasteiger charge is 2.43. The molecule has 18 nitrogen and oxygen atoms in total. The van der Waals surface area contributed by atoms with E-state index in [1.165, 1.54) is 43.5 Å². The first-order valence-electron chi connectivity index (χ1n) is 28.3. The van der Waals surface area contributed by atoms with Crippen molar-refractivity contribution in [2.45, 2.75) is 156 Å². The number of aliphatic hydroxyl groups is 1. The molecule has 0 aromatic heterocycles. The topological polar surface area (TPSA) is 205 Å². The Bertz CT molecular complexity index is 3460. The largest absolute Gasteiger partial charge is 0.514 e. The molecule has 1 saturated heterocycles. The van der Waals surface area contributed by atoms with Crippen LogP contribution < -0.4 is 24.2 Å². The number of halogens is 3. The van der Waals surface area contributed by atoms with Crippen LogP contribution >= 0.6 is 0 Å². The molecule has 0 aliphatic carbocycles. The fourth-order valence-corrected chi connectivity index (χ4v) is 8.62.